The van der Waals surface area contributed by atoms with Crippen molar-refractivity contribution in [2.45, 2.75) is 11.8 Å². The van der Waals surface area contributed by atoms with E-state index < -0.39 is 10.1 Å². The summed E-state index contributed by atoms with van der Waals surface area (Å²) in [6.07, 6.45) is 0. The molecule has 0 aliphatic carbocycles. The maximum absolute atomic E-state index is 11.2. The van der Waals surface area contributed by atoms with Crippen LogP contribution < -0.4 is 0 Å². The molecule has 4 nitrogen and oxygen atoms in total. The molecule has 2 rings (SSSR count). The van der Waals surface area contributed by atoms with E-state index in [4.69, 9.17) is 9.35 Å². The quantitative estimate of drug-likeness (QED) is 0.634. The van der Waals surface area contributed by atoms with E-state index in [9.17, 15) is 8.42 Å². The molecule has 0 unspecified atom stereocenters. The Labute approximate surface area is 128 Å². The third-order valence-electron chi connectivity index (χ3n) is 2.33. The van der Waals surface area contributed by atoms with Crippen LogP contribution in [-0.2, 0) is 14.9 Å². The van der Waals surface area contributed by atoms with Crippen molar-refractivity contribution in [3.8, 4) is 0 Å². The summed E-state index contributed by atoms with van der Waals surface area (Å²) in [5.74, 6) is 0. The normalized spacial score (nSPS) is 10.1. The van der Waals surface area contributed by atoms with Gasteiger partial charge in [0.2, 0.25) is 0 Å². The minimum absolute atomic E-state index is 0. The molecule has 6 heteroatoms. The van der Waals surface area contributed by atoms with Crippen LogP contribution in [0.15, 0.2) is 41.3 Å². The molecule has 2 aromatic carbocycles. The van der Waals surface area contributed by atoms with E-state index in [2.05, 4.69) is 0 Å². The Morgan fingerprint density at radius 1 is 1.06 bits per heavy atom. The Bertz CT molecular complexity index is 638. The average molecular weight is 276 g/mol. The monoisotopic (exact) mass is 276 g/mol. The van der Waals surface area contributed by atoms with Crippen molar-refractivity contribution in [2.75, 3.05) is 0 Å². The summed E-state index contributed by atoms with van der Waals surface area (Å²) in [5.41, 5.74) is 0.552. The van der Waals surface area contributed by atoms with Crippen LogP contribution in [0, 0.1) is 6.92 Å². The van der Waals surface area contributed by atoms with Crippen molar-refractivity contribution >= 4 is 57.2 Å². The molecular weight excluding hydrogens is 263 g/mol. The topological polar surface area (TPSA) is 71.4 Å². The van der Waals surface area contributed by atoms with Gasteiger partial charge in [-0.05, 0) is 17.9 Å². The van der Waals surface area contributed by atoms with Gasteiger partial charge >= 0.3 is 29.6 Å². The van der Waals surface area contributed by atoms with Gasteiger partial charge in [0, 0.05) is 5.39 Å². The fraction of sp³-hybridized carbons (Fsp3) is 0.0833. The Kier molecular flexibility index (Phi) is 6.73. The van der Waals surface area contributed by atoms with Gasteiger partial charge in [0.05, 0.1) is 0 Å². The molecule has 0 amide bonds. The molecule has 0 aromatic heterocycles. The summed E-state index contributed by atoms with van der Waals surface area (Å²) in [5, 5.41) is 1.36. The van der Waals surface area contributed by atoms with Crippen LogP contribution in [0.4, 0.5) is 0 Å². The van der Waals surface area contributed by atoms with Crippen molar-refractivity contribution in [1.82, 2.24) is 0 Å². The Morgan fingerprint density at radius 3 is 2.17 bits per heavy atom. The number of carbonyl (C=O) groups is 1. The molecule has 1 N–H and O–H groups in total. The van der Waals surface area contributed by atoms with Crippen LogP contribution >= 0.6 is 0 Å². The van der Waals surface area contributed by atoms with Gasteiger partial charge in [-0.3, -0.25) is 4.55 Å². The second kappa shape index (κ2) is 7.01. The third-order valence-corrected chi connectivity index (χ3v) is 3.39. The zero-order chi connectivity index (χ0) is 13.1. The summed E-state index contributed by atoms with van der Waals surface area (Å²) < 4.78 is 31.6. The van der Waals surface area contributed by atoms with E-state index in [1.165, 1.54) is 0 Å². The van der Waals surface area contributed by atoms with Crippen LogP contribution in [0.1, 0.15) is 5.56 Å². The summed E-state index contributed by atoms with van der Waals surface area (Å²) in [6.45, 7) is 3.66. The van der Waals surface area contributed by atoms with Crippen LogP contribution in [0.5, 0.6) is 0 Å². The first kappa shape index (κ1) is 17.3. The molecule has 18 heavy (non-hydrogen) atoms. The van der Waals surface area contributed by atoms with Gasteiger partial charge in [-0.1, -0.05) is 36.4 Å². The number of carbonyl (C=O) groups excluding carboxylic acids is 1. The van der Waals surface area contributed by atoms with Gasteiger partial charge < -0.3 is 4.79 Å². The van der Waals surface area contributed by atoms with Gasteiger partial charge in [0.1, 0.15) is 11.7 Å². The van der Waals surface area contributed by atoms with Gasteiger partial charge in [-0.25, -0.2) is 0 Å². The molecular formula is C12H13NaO4S. The molecule has 92 valence electrons. The van der Waals surface area contributed by atoms with Crippen molar-refractivity contribution in [3.63, 3.8) is 0 Å². The Hall–Kier alpha value is -0.720. The summed E-state index contributed by atoms with van der Waals surface area (Å²) >= 11 is 0. The Morgan fingerprint density at radius 2 is 1.61 bits per heavy atom. The Balaban J connectivity index is 0.000000917. The van der Waals surface area contributed by atoms with Crippen LogP contribution in [-0.4, -0.2) is 49.3 Å². The van der Waals surface area contributed by atoms with Gasteiger partial charge in [-0.2, -0.15) is 8.42 Å². The first-order valence-electron chi connectivity index (χ1n) is 4.75. The van der Waals surface area contributed by atoms with E-state index in [0.29, 0.717) is 10.9 Å². The number of aryl methyl sites for hydroxylation is 1. The van der Waals surface area contributed by atoms with Crippen LogP contribution in [0.2, 0.25) is 0 Å². The first-order valence-corrected chi connectivity index (χ1v) is 6.19. The number of fused-ring (bicyclic) bond motifs is 1. The van der Waals surface area contributed by atoms with E-state index in [1.807, 2.05) is 25.0 Å². The molecule has 0 saturated heterocycles. The standard InChI is InChI=1S/C11H10O3S.CH2O.Na.H/c1-8-6-7-9-4-2-3-5-10(9)11(8)15(12,13)14;1-2;;/h2-7H,1H3,(H,12,13,14);1H2;;. The van der Waals surface area contributed by atoms with Gasteiger partial charge in [-0.15, -0.1) is 0 Å². The maximum atomic E-state index is 11.2. The summed E-state index contributed by atoms with van der Waals surface area (Å²) in [7, 11) is -4.16. The predicted octanol–water partition coefficient (Wildman–Crippen LogP) is 1.56. The minimum atomic E-state index is -4.16. The molecule has 0 aliphatic heterocycles. The van der Waals surface area contributed by atoms with E-state index >= 15 is 0 Å². The zero-order valence-electron chi connectivity index (χ0n) is 9.25. The predicted molar refractivity (Wildman–Crippen MR) is 72.8 cm³/mol. The van der Waals surface area contributed by atoms with Crippen molar-refractivity contribution < 1.29 is 17.8 Å². The molecule has 0 saturated carbocycles. The van der Waals surface area contributed by atoms with E-state index in [1.54, 1.807) is 25.1 Å². The molecule has 0 atom stereocenters. The SMILES string of the molecule is C=O.Cc1ccc2ccccc2c1S(=O)(=O)O.[NaH]. The van der Waals surface area contributed by atoms with Crippen LogP contribution in [0.3, 0.4) is 0 Å². The molecule has 0 heterocycles. The molecule has 0 aliphatic rings. The number of rotatable bonds is 1. The fourth-order valence-electron chi connectivity index (χ4n) is 1.69. The van der Waals surface area contributed by atoms with Crippen molar-refractivity contribution in [3.05, 3.63) is 42.0 Å². The summed E-state index contributed by atoms with van der Waals surface area (Å²) in [4.78, 5) is 8.00. The van der Waals surface area contributed by atoms with Crippen molar-refractivity contribution in [2.24, 2.45) is 0 Å². The molecule has 0 radical (unpaired) electrons. The van der Waals surface area contributed by atoms with Crippen LogP contribution in [0.25, 0.3) is 10.8 Å². The summed E-state index contributed by atoms with van der Waals surface area (Å²) in [6, 6.07) is 10.6. The second-order valence-corrected chi connectivity index (χ2v) is 4.77. The third kappa shape index (κ3) is 3.63. The first-order chi connectivity index (χ1) is 8.00. The molecule has 2 aromatic rings. The number of hydrogen-bond donors (Lipinski definition) is 1. The van der Waals surface area contributed by atoms with E-state index in [-0.39, 0.29) is 34.5 Å². The van der Waals surface area contributed by atoms with E-state index in [0.717, 1.165) is 5.39 Å². The zero-order valence-corrected chi connectivity index (χ0v) is 10.1. The average Bonchev–Trinajstić information content (AvgIpc) is 2.29. The molecule has 0 fully saturated rings. The molecule has 0 spiro atoms. The van der Waals surface area contributed by atoms with Crippen molar-refractivity contribution in [1.29, 1.82) is 0 Å². The van der Waals surface area contributed by atoms with Gasteiger partial charge in [0.15, 0.2) is 0 Å². The number of hydrogen-bond acceptors (Lipinski definition) is 3. The number of benzene rings is 2. The fourth-order valence-corrected chi connectivity index (χ4v) is 2.63. The van der Waals surface area contributed by atoms with Gasteiger partial charge in [0.25, 0.3) is 10.1 Å². The molecule has 0 bridgehead atoms. The second-order valence-electron chi connectivity index (χ2n) is 3.41.